The third-order valence-electron chi connectivity index (χ3n) is 3.65. The summed E-state index contributed by atoms with van der Waals surface area (Å²) in [6.45, 7) is 0. The second kappa shape index (κ2) is 3.03. The van der Waals surface area contributed by atoms with Gasteiger partial charge in [0.2, 0.25) is 0 Å². The number of benzene rings is 1. The van der Waals surface area contributed by atoms with Gasteiger partial charge in [-0.15, -0.1) is 12.6 Å². The Labute approximate surface area is 94.9 Å². The molecule has 3 N–H and O–H groups in total. The Morgan fingerprint density at radius 3 is 2.73 bits per heavy atom. The van der Waals surface area contributed by atoms with E-state index in [4.69, 9.17) is 5.84 Å². The average Bonchev–Trinajstić information content (AvgIpc) is 2.51. The lowest BCUT2D eigenvalue weighted by Gasteiger charge is -2.37. The SMILES string of the molecule is NNC1=CC2(CCC2)c2cc(S)ccc21. The second-order valence-electron chi connectivity index (χ2n) is 4.44. The van der Waals surface area contributed by atoms with Gasteiger partial charge >= 0.3 is 0 Å². The van der Waals surface area contributed by atoms with Crippen LogP contribution in [0.1, 0.15) is 30.4 Å². The van der Waals surface area contributed by atoms with Crippen LogP contribution in [0.4, 0.5) is 0 Å². The topological polar surface area (TPSA) is 38.0 Å². The van der Waals surface area contributed by atoms with Gasteiger partial charge in [0, 0.05) is 15.9 Å². The molecule has 3 heteroatoms. The Kier molecular flexibility index (Phi) is 1.88. The Balaban J connectivity index is 2.18. The molecule has 0 radical (unpaired) electrons. The molecule has 0 saturated heterocycles. The minimum atomic E-state index is 0.260. The van der Waals surface area contributed by atoms with E-state index in [-0.39, 0.29) is 5.41 Å². The lowest BCUT2D eigenvalue weighted by molar-refractivity contribution is 0.318. The molecule has 1 aromatic rings. The maximum Gasteiger partial charge on any atom is 0.0529 e. The summed E-state index contributed by atoms with van der Waals surface area (Å²) in [7, 11) is 0. The average molecular weight is 218 g/mol. The summed E-state index contributed by atoms with van der Waals surface area (Å²) in [5.41, 5.74) is 6.77. The van der Waals surface area contributed by atoms with E-state index in [0.29, 0.717) is 0 Å². The maximum atomic E-state index is 5.55. The Morgan fingerprint density at radius 2 is 2.13 bits per heavy atom. The number of hydrogen-bond acceptors (Lipinski definition) is 3. The van der Waals surface area contributed by atoms with Crippen molar-refractivity contribution in [1.29, 1.82) is 0 Å². The van der Waals surface area contributed by atoms with E-state index in [9.17, 15) is 0 Å². The van der Waals surface area contributed by atoms with E-state index < -0.39 is 0 Å². The first-order valence-corrected chi connectivity index (χ1v) is 5.73. The highest BCUT2D eigenvalue weighted by molar-refractivity contribution is 7.80. The van der Waals surface area contributed by atoms with E-state index in [2.05, 4.69) is 36.3 Å². The molecule has 2 aliphatic carbocycles. The zero-order chi connectivity index (χ0) is 10.5. The van der Waals surface area contributed by atoms with Gasteiger partial charge in [0.25, 0.3) is 0 Å². The fourth-order valence-electron chi connectivity index (χ4n) is 2.70. The first-order valence-electron chi connectivity index (χ1n) is 5.28. The summed E-state index contributed by atoms with van der Waals surface area (Å²) in [5.74, 6) is 5.55. The smallest absolute Gasteiger partial charge is 0.0529 e. The van der Waals surface area contributed by atoms with Crippen molar-refractivity contribution in [2.75, 3.05) is 0 Å². The first kappa shape index (κ1) is 9.31. The number of thiol groups is 1. The minimum Gasteiger partial charge on any atom is -0.324 e. The quantitative estimate of drug-likeness (QED) is 0.384. The highest BCUT2D eigenvalue weighted by Crippen LogP contribution is 2.52. The predicted octanol–water partition coefficient (Wildman–Crippen LogP) is 2.21. The van der Waals surface area contributed by atoms with Crippen molar-refractivity contribution < 1.29 is 0 Å². The van der Waals surface area contributed by atoms with Crippen molar-refractivity contribution in [3.8, 4) is 0 Å². The van der Waals surface area contributed by atoms with Gasteiger partial charge in [0.05, 0.1) is 5.70 Å². The molecule has 0 bridgehead atoms. The fourth-order valence-corrected chi connectivity index (χ4v) is 2.91. The molecular formula is C12H14N2S. The molecule has 0 unspecified atom stereocenters. The highest BCUT2D eigenvalue weighted by Gasteiger charge is 2.42. The minimum absolute atomic E-state index is 0.260. The van der Waals surface area contributed by atoms with Crippen molar-refractivity contribution in [2.45, 2.75) is 29.6 Å². The second-order valence-corrected chi connectivity index (χ2v) is 4.96. The molecule has 0 atom stereocenters. The molecule has 1 aromatic carbocycles. The Morgan fingerprint density at radius 1 is 1.33 bits per heavy atom. The van der Waals surface area contributed by atoms with Gasteiger partial charge in [0.15, 0.2) is 0 Å². The van der Waals surface area contributed by atoms with Crippen LogP contribution in [0, 0.1) is 0 Å². The number of nitrogens with one attached hydrogen (secondary N) is 1. The van der Waals surface area contributed by atoms with Gasteiger partial charge in [-0.3, -0.25) is 5.84 Å². The number of hydrazine groups is 1. The van der Waals surface area contributed by atoms with Crippen LogP contribution < -0.4 is 11.3 Å². The molecule has 2 nitrogen and oxygen atoms in total. The van der Waals surface area contributed by atoms with Crippen LogP contribution >= 0.6 is 12.6 Å². The van der Waals surface area contributed by atoms with E-state index >= 15 is 0 Å². The number of nitrogens with two attached hydrogens (primary N) is 1. The summed E-state index contributed by atoms with van der Waals surface area (Å²) in [5, 5.41) is 0. The van der Waals surface area contributed by atoms with E-state index in [1.807, 2.05) is 6.07 Å². The Bertz CT molecular complexity index is 447. The molecule has 3 rings (SSSR count). The number of allylic oxidation sites excluding steroid dienone is 1. The molecule has 1 fully saturated rings. The van der Waals surface area contributed by atoms with E-state index in [1.165, 1.54) is 30.4 Å². The largest absolute Gasteiger partial charge is 0.324 e. The van der Waals surface area contributed by atoms with Crippen LogP contribution in [0.2, 0.25) is 0 Å². The summed E-state index contributed by atoms with van der Waals surface area (Å²) < 4.78 is 0. The predicted molar refractivity (Wildman–Crippen MR) is 64.5 cm³/mol. The molecule has 0 heterocycles. The van der Waals surface area contributed by atoms with Crippen molar-refractivity contribution >= 4 is 18.3 Å². The molecule has 78 valence electrons. The molecule has 0 amide bonds. The normalized spacial score (nSPS) is 20.8. The monoisotopic (exact) mass is 218 g/mol. The van der Waals surface area contributed by atoms with Crippen LogP contribution in [-0.2, 0) is 5.41 Å². The van der Waals surface area contributed by atoms with Crippen LogP contribution in [-0.4, -0.2) is 0 Å². The van der Waals surface area contributed by atoms with Gasteiger partial charge in [-0.05, 0) is 36.6 Å². The van der Waals surface area contributed by atoms with E-state index in [1.54, 1.807) is 0 Å². The standard InChI is InChI=1S/C12H14N2S/c13-14-11-7-12(4-1-5-12)10-6-8(15)2-3-9(10)11/h2-3,6-7,14-15H,1,4-5,13H2. The van der Waals surface area contributed by atoms with Crippen molar-refractivity contribution in [3.63, 3.8) is 0 Å². The third-order valence-corrected chi connectivity index (χ3v) is 3.93. The lowest BCUT2D eigenvalue weighted by Crippen LogP contribution is -2.30. The van der Waals surface area contributed by atoms with Crippen LogP contribution in [0.5, 0.6) is 0 Å². The molecule has 0 aromatic heterocycles. The van der Waals surface area contributed by atoms with Gasteiger partial charge in [-0.1, -0.05) is 12.5 Å². The van der Waals surface area contributed by atoms with Gasteiger partial charge in [-0.25, -0.2) is 0 Å². The number of rotatable bonds is 1. The van der Waals surface area contributed by atoms with E-state index in [0.717, 1.165) is 10.6 Å². The van der Waals surface area contributed by atoms with Gasteiger partial charge in [0.1, 0.15) is 0 Å². The van der Waals surface area contributed by atoms with Crippen molar-refractivity contribution in [2.24, 2.45) is 5.84 Å². The number of hydrogen-bond donors (Lipinski definition) is 3. The molecule has 0 aliphatic heterocycles. The molecule has 2 aliphatic rings. The third kappa shape index (κ3) is 1.17. The van der Waals surface area contributed by atoms with Crippen LogP contribution in [0.25, 0.3) is 5.70 Å². The number of fused-ring (bicyclic) bond motifs is 2. The van der Waals surface area contributed by atoms with Crippen molar-refractivity contribution in [1.82, 2.24) is 5.43 Å². The summed E-state index contributed by atoms with van der Waals surface area (Å²) in [6, 6.07) is 6.31. The summed E-state index contributed by atoms with van der Waals surface area (Å²) in [4.78, 5) is 1.03. The van der Waals surface area contributed by atoms with Crippen molar-refractivity contribution in [3.05, 3.63) is 35.4 Å². The fraction of sp³-hybridized carbons (Fsp3) is 0.333. The molecular weight excluding hydrogens is 204 g/mol. The van der Waals surface area contributed by atoms with Gasteiger partial charge < -0.3 is 5.43 Å². The first-order chi connectivity index (χ1) is 7.25. The molecule has 1 spiro atoms. The lowest BCUT2D eigenvalue weighted by atomic mass is 9.66. The maximum absolute atomic E-state index is 5.55. The zero-order valence-corrected chi connectivity index (χ0v) is 9.35. The summed E-state index contributed by atoms with van der Waals surface area (Å²) >= 11 is 4.41. The highest BCUT2D eigenvalue weighted by atomic mass is 32.1. The molecule has 15 heavy (non-hydrogen) atoms. The van der Waals surface area contributed by atoms with Crippen LogP contribution in [0.15, 0.2) is 29.2 Å². The zero-order valence-electron chi connectivity index (χ0n) is 8.46. The molecule has 1 saturated carbocycles. The van der Waals surface area contributed by atoms with Crippen LogP contribution in [0.3, 0.4) is 0 Å². The Hall–Kier alpha value is -0.930. The van der Waals surface area contributed by atoms with Gasteiger partial charge in [-0.2, -0.15) is 0 Å². The summed E-state index contributed by atoms with van der Waals surface area (Å²) in [6.07, 6.45) is 6.07.